The average molecular weight is 421 g/mol. The Kier molecular flexibility index (Phi) is 8.86. The van der Waals surface area contributed by atoms with Crippen LogP contribution in [-0.4, -0.2) is 21.6 Å². The van der Waals surface area contributed by atoms with E-state index in [1.807, 2.05) is 0 Å². The van der Waals surface area contributed by atoms with E-state index in [9.17, 15) is 9.90 Å². The van der Waals surface area contributed by atoms with Crippen molar-refractivity contribution in [2.24, 2.45) is 11.8 Å². The molecule has 1 aromatic rings. The van der Waals surface area contributed by atoms with Crippen molar-refractivity contribution < 1.29 is 15.0 Å². The summed E-state index contributed by atoms with van der Waals surface area (Å²) in [6.45, 7) is 0. The molecule has 0 bridgehead atoms. The molecular formula is C25H37ClO3. The molecule has 2 aliphatic carbocycles. The van der Waals surface area contributed by atoms with Crippen molar-refractivity contribution in [1.29, 1.82) is 0 Å². The van der Waals surface area contributed by atoms with E-state index in [4.69, 9.17) is 16.7 Å². The number of rotatable bonds is 10. The molecule has 3 nitrogen and oxygen atoms in total. The van der Waals surface area contributed by atoms with Gasteiger partial charge < -0.3 is 10.2 Å². The van der Waals surface area contributed by atoms with Gasteiger partial charge in [0.2, 0.25) is 0 Å². The quantitative estimate of drug-likeness (QED) is 0.322. The van der Waals surface area contributed by atoms with Gasteiger partial charge in [0.25, 0.3) is 0 Å². The van der Waals surface area contributed by atoms with Crippen LogP contribution in [0.1, 0.15) is 107 Å². The van der Waals surface area contributed by atoms with Crippen molar-refractivity contribution in [3.63, 3.8) is 0 Å². The number of aliphatic hydroxyl groups is 1. The summed E-state index contributed by atoms with van der Waals surface area (Å²) in [5.41, 5.74) is 2.43. The molecule has 0 spiro atoms. The maximum absolute atomic E-state index is 10.8. The Balaban J connectivity index is 1.52. The lowest BCUT2D eigenvalue weighted by molar-refractivity contribution is -0.137. The van der Waals surface area contributed by atoms with Gasteiger partial charge in [0, 0.05) is 11.8 Å². The van der Waals surface area contributed by atoms with E-state index in [1.54, 1.807) is 0 Å². The molecule has 2 fully saturated rings. The molecule has 0 aliphatic heterocycles. The van der Waals surface area contributed by atoms with Gasteiger partial charge in [-0.15, -0.1) is 11.6 Å². The van der Waals surface area contributed by atoms with Crippen LogP contribution in [0.15, 0.2) is 24.3 Å². The number of alkyl halides is 1. The van der Waals surface area contributed by atoms with Crippen molar-refractivity contribution in [3.05, 3.63) is 35.4 Å². The fourth-order valence-electron chi connectivity index (χ4n) is 5.49. The highest BCUT2D eigenvalue weighted by Crippen LogP contribution is 2.45. The topological polar surface area (TPSA) is 57.5 Å². The minimum absolute atomic E-state index is 0.242. The first-order valence-corrected chi connectivity index (χ1v) is 12.1. The second-order valence-electron chi connectivity index (χ2n) is 9.22. The lowest BCUT2D eigenvalue weighted by Crippen LogP contribution is -2.16. The van der Waals surface area contributed by atoms with Gasteiger partial charge in [-0.3, -0.25) is 4.79 Å². The molecule has 4 unspecified atom stereocenters. The van der Waals surface area contributed by atoms with Crippen LogP contribution in [0.3, 0.4) is 0 Å². The Bertz CT molecular complexity index is 623. The molecule has 0 saturated heterocycles. The van der Waals surface area contributed by atoms with Crippen molar-refractivity contribution in [3.8, 4) is 0 Å². The van der Waals surface area contributed by atoms with Gasteiger partial charge in [0.1, 0.15) is 0 Å². The van der Waals surface area contributed by atoms with Gasteiger partial charge in [0.15, 0.2) is 0 Å². The number of halogens is 1. The maximum Gasteiger partial charge on any atom is 0.303 e. The van der Waals surface area contributed by atoms with E-state index < -0.39 is 5.97 Å². The smallest absolute Gasteiger partial charge is 0.303 e. The summed E-state index contributed by atoms with van der Waals surface area (Å²) in [4.78, 5) is 10.6. The fourth-order valence-corrected chi connectivity index (χ4v) is 5.91. The Morgan fingerprint density at radius 3 is 2.34 bits per heavy atom. The van der Waals surface area contributed by atoms with Crippen LogP contribution >= 0.6 is 11.6 Å². The zero-order chi connectivity index (χ0) is 20.6. The van der Waals surface area contributed by atoms with Crippen molar-refractivity contribution in [2.45, 2.75) is 101 Å². The number of hydrogen-bond donors (Lipinski definition) is 2. The number of unbranched alkanes of at least 4 members (excludes halogenated alkanes) is 3. The van der Waals surface area contributed by atoms with E-state index in [0.29, 0.717) is 17.8 Å². The second-order valence-corrected chi connectivity index (χ2v) is 9.78. The molecule has 0 heterocycles. The first-order valence-electron chi connectivity index (χ1n) is 11.7. The van der Waals surface area contributed by atoms with Crippen LogP contribution in [0.25, 0.3) is 0 Å². The molecule has 1 aromatic carbocycles. The normalized spacial score (nSPS) is 26.5. The largest absolute Gasteiger partial charge is 0.481 e. The molecule has 2 N–H and O–H groups in total. The monoisotopic (exact) mass is 420 g/mol. The van der Waals surface area contributed by atoms with Crippen LogP contribution < -0.4 is 0 Å². The number of aliphatic hydroxyl groups excluding tert-OH is 1. The van der Waals surface area contributed by atoms with Crippen LogP contribution in [0.2, 0.25) is 0 Å². The van der Waals surface area contributed by atoms with Crippen LogP contribution in [0.4, 0.5) is 0 Å². The van der Waals surface area contributed by atoms with Crippen LogP contribution in [0.5, 0.6) is 0 Å². The Hall–Kier alpha value is -1.06. The lowest BCUT2D eigenvalue weighted by atomic mass is 9.81. The van der Waals surface area contributed by atoms with Gasteiger partial charge in [-0.1, -0.05) is 62.8 Å². The zero-order valence-corrected chi connectivity index (χ0v) is 18.3. The molecule has 162 valence electrons. The van der Waals surface area contributed by atoms with Crippen LogP contribution in [0, 0.1) is 11.8 Å². The Labute approximate surface area is 180 Å². The van der Waals surface area contributed by atoms with Crippen molar-refractivity contribution in [2.75, 3.05) is 0 Å². The predicted molar refractivity (Wildman–Crippen MR) is 118 cm³/mol. The molecule has 0 radical (unpaired) electrons. The van der Waals surface area contributed by atoms with E-state index >= 15 is 0 Å². The van der Waals surface area contributed by atoms with Gasteiger partial charge in [-0.2, -0.15) is 0 Å². The molecule has 0 amide bonds. The Morgan fingerprint density at radius 2 is 1.66 bits per heavy atom. The van der Waals surface area contributed by atoms with Crippen molar-refractivity contribution >= 4 is 17.6 Å². The summed E-state index contributed by atoms with van der Waals surface area (Å²) in [6.07, 6.45) is 13.4. The molecule has 29 heavy (non-hydrogen) atoms. The summed E-state index contributed by atoms with van der Waals surface area (Å²) in [6, 6.07) is 8.72. The second kappa shape index (κ2) is 11.4. The van der Waals surface area contributed by atoms with Gasteiger partial charge >= 0.3 is 5.97 Å². The standard InChI is InChI=1S/C25H37ClO3/c26-23-17-16-21(22(23)10-6-1-2-7-11-24(27)28)18-12-14-20(15-13-18)25(29)19-8-4-3-5-9-19/h12-15,19,21-23,25,29H,1-11,16-17H2,(H,27,28). The number of hydrogen-bond acceptors (Lipinski definition) is 2. The van der Waals surface area contributed by atoms with Crippen LogP contribution in [-0.2, 0) is 4.79 Å². The van der Waals surface area contributed by atoms with Gasteiger partial charge in [-0.05, 0) is 67.4 Å². The minimum atomic E-state index is -0.696. The maximum atomic E-state index is 10.8. The predicted octanol–water partition coefficient (Wildman–Crippen LogP) is 6.83. The highest BCUT2D eigenvalue weighted by molar-refractivity contribution is 6.21. The molecule has 2 aliphatic rings. The summed E-state index contributed by atoms with van der Waals surface area (Å²) in [7, 11) is 0. The Morgan fingerprint density at radius 1 is 0.966 bits per heavy atom. The number of carbonyl (C=O) groups is 1. The third kappa shape index (κ3) is 6.46. The van der Waals surface area contributed by atoms with E-state index in [-0.39, 0.29) is 17.9 Å². The lowest BCUT2D eigenvalue weighted by Gasteiger charge is -2.27. The molecule has 3 rings (SSSR count). The first-order chi connectivity index (χ1) is 14.1. The average Bonchev–Trinajstić information content (AvgIpc) is 3.11. The van der Waals surface area contributed by atoms with Gasteiger partial charge in [-0.25, -0.2) is 0 Å². The molecule has 4 heteroatoms. The first kappa shape index (κ1) is 22.6. The summed E-state index contributed by atoms with van der Waals surface area (Å²) in [5.74, 6) is 0.739. The summed E-state index contributed by atoms with van der Waals surface area (Å²) in [5, 5.41) is 19.7. The van der Waals surface area contributed by atoms with E-state index in [0.717, 1.165) is 63.4 Å². The molecule has 2 saturated carbocycles. The third-order valence-electron chi connectivity index (χ3n) is 7.22. The number of benzene rings is 1. The molecule has 0 aromatic heterocycles. The number of aliphatic carboxylic acids is 1. The number of carboxylic acid groups (broad SMARTS) is 1. The summed E-state index contributed by atoms with van der Waals surface area (Å²) < 4.78 is 0. The van der Waals surface area contributed by atoms with Gasteiger partial charge in [0.05, 0.1) is 6.10 Å². The third-order valence-corrected chi connectivity index (χ3v) is 7.76. The van der Waals surface area contributed by atoms with E-state index in [1.165, 1.54) is 24.8 Å². The summed E-state index contributed by atoms with van der Waals surface area (Å²) >= 11 is 6.67. The van der Waals surface area contributed by atoms with Crippen molar-refractivity contribution in [1.82, 2.24) is 0 Å². The minimum Gasteiger partial charge on any atom is -0.481 e. The highest BCUT2D eigenvalue weighted by Gasteiger charge is 2.35. The fraction of sp³-hybridized carbons (Fsp3) is 0.720. The molecular weight excluding hydrogens is 384 g/mol. The zero-order valence-electron chi connectivity index (χ0n) is 17.6. The number of carboxylic acids is 1. The molecule has 4 atom stereocenters. The SMILES string of the molecule is O=C(O)CCCCCCC1C(Cl)CCC1c1ccc(C(O)C2CCCCC2)cc1. The highest BCUT2D eigenvalue weighted by atomic mass is 35.5. The van der Waals surface area contributed by atoms with E-state index in [2.05, 4.69) is 24.3 Å².